The van der Waals surface area contributed by atoms with Gasteiger partial charge in [-0.15, -0.1) is 0 Å². The highest BCUT2D eigenvalue weighted by atomic mass is 32.1. The van der Waals surface area contributed by atoms with Crippen molar-refractivity contribution < 1.29 is 14.4 Å². The van der Waals surface area contributed by atoms with Gasteiger partial charge in [0.2, 0.25) is 11.8 Å². The van der Waals surface area contributed by atoms with Gasteiger partial charge in [0.1, 0.15) is 0 Å². The second-order valence-corrected chi connectivity index (χ2v) is 8.63. The molecule has 2 heterocycles. The second kappa shape index (κ2) is 9.26. The lowest BCUT2D eigenvalue weighted by Crippen LogP contribution is -2.29. The highest BCUT2D eigenvalue weighted by molar-refractivity contribution is 7.22. The topological polar surface area (TPSA) is 91.4 Å². The van der Waals surface area contributed by atoms with Crippen molar-refractivity contribution in [3.63, 3.8) is 0 Å². The number of likely N-dealkylation sites (tertiary alicyclic amines) is 1. The van der Waals surface area contributed by atoms with Crippen LogP contribution < -0.4 is 10.6 Å². The van der Waals surface area contributed by atoms with Crippen LogP contribution in [-0.2, 0) is 9.59 Å². The number of hydrogen-bond donors (Lipinski definition) is 2. The van der Waals surface area contributed by atoms with E-state index in [1.54, 1.807) is 29.2 Å². The zero-order valence-electron chi connectivity index (χ0n) is 17.3. The van der Waals surface area contributed by atoms with E-state index in [9.17, 15) is 14.4 Å². The van der Waals surface area contributed by atoms with Crippen LogP contribution in [0.1, 0.15) is 36.5 Å². The molecule has 1 atom stereocenters. The molecule has 1 saturated heterocycles. The third-order valence-corrected chi connectivity index (χ3v) is 6.25. The predicted molar refractivity (Wildman–Crippen MR) is 122 cm³/mol. The van der Waals surface area contributed by atoms with Crippen LogP contribution in [0.15, 0.2) is 48.5 Å². The van der Waals surface area contributed by atoms with E-state index in [2.05, 4.69) is 22.5 Å². The van der Waals surface area contributed by atoms with Gasteiger partial charge in [0.05, 0.1) is 16.1 Å². The minimum Gasteiger partial charge on any atom is -0.342 e. The number of rotatable bonds is 7. The Hall–Kier alpha value is -3.26. The fourth-order valence-corrected chi connectivity index (χ4v) is 4.42. The minimum absolute atomic E-state index is 0.0375. The number of aromatic nitrogens is 1. The third-order valence-electron chi connectivity index (χ3n) is 5.30. The van der Waals surface area contributed by atoms with Crippen LogP contribution in [0.3, 0.4) is 0 Å². The standard InChI is InChI=1S/C23H24N4O3S/c1-2-3-12-27-14-16(13-20(27)28)22(30)24-17-10-8-15(9-11-17)21(29)26-23-25-18-6-4-5-7-19(18)31-23/h4-11,16H,2-3,12-14H2,1H3,(H,24,30)(H,25,26,29). The number of amides is 3. The summed E-state index contributed by atoms with van der Waals surface area (Å²) in [4.78, 5) is 43.3. The van der Waals surface area contributed by atoms with Crippen molar-refractivity contribution in [2.75, 3.05) is 23.7 Å². The highest BCUT2D eigenvalue weighted by Crippen LogP contribution is 2.26. The van der Waals surface area contributed by atoms with Gasteiger partial charge in [0, 0.05) is 30.8 Å². The molecule has 1 unspecified atom stereocenters. The Balaban J connectivity index is 1.34. The molecule has 0 radical (unpaired) electrons. The predicted octanol–water partition coefficient (Wildman–Crippen LogP) is 4.14. The van der Waals surface area contributed by atoms with E-state index < -0.39 is 0 Å². The number of unbranched alkanes of at least 4 members (excludes halogenated alkanes) is 1. The largest absolute Gasteiger partial charge is 0.342 e. The van der Waals surface area contributed by atoms with Gasteiger partial charge < -0.3 is 10.2 Å². The zero-order valence-corrected chi connectivity index (χ0v) is 18.1. The lowest BCUT2D eigenvalue weighted by Gasteiger charge is -2.16. The van der Waals surface area contributed by atoms with Crippen molar-refractivity contribution in [2.45, 2.75) is 26.2 Å². The van der Waals surface area contributed by atoms with E-state index in [0.29, 0.717) is 29.5 Å². The molecule has 2 aromatic carbocycles. The van der Waals surface area contributed by atoms with Crippen LogP contribution in [0.5, 0.6) is 0 Å². The summed E-state index contributed by atoms with van der Waals surface area (Å²) in [6.45, 7) is 3.25. The molecule has 3 aromatic rings. The van der Waals surface area contributed by atoms with Gasteiger partial charge in [0.15, 0.2) is 5.13 Å². The number of hydrogen-bond acceptors (Lipinski definition) is 5. The normalized spacial score (nSPS) is 16.0. The maximum absolute atomic E-state index is 12.5. The fraction of sp³-hybridized carbons (Fsp3) is 0.304. The van der Waals surface area contributed by atoms with Crippen molar-refractivity contribution in [1.29, 1.82) is 0 Å². The molecular formula is C23H24N4O3S. The van der Waals surface area contributed by atoms with Crippen LogP contribution in [0.4, 0.5) is 10.8 Å². The smallest absolute Gasteiger partial charge is 0.257 e. The summed E-state index contributed by atoms with van der Waals surface area (Å²) < 4.78 is 1.01. The summed E-state index contributed by atoms with van der Waals surface area (Å²) in [5, 5.41) is 6.22. The number of thiazole rings is 1. The number of fused-ring (bicyclic) bond motifs is 1. The van der Waals surface area contributed by atoms with Gasteiger partial charge in [-0.25, -0.2) is 4.98 Å². The Morgan fingerprint density at radius 1 is 1.13 bits per heavy atom. The molecular weight excluding hydrogens is 412 g/mol. The monoisotopic (exact) mass is 436 g/mol. The first-order chi connectivity index (χ1) is 15.0. The number of carbonyl (C=O) groups is 3. The number of anilines is 2. The number of nitrogens with zero attached hydrogens (tertiary/aromatic N) is 2. The second-order valence-electron chi connectivity index (χ2n) is 7.60. The first-order valence-electron chi connectivity index (χ1n) is 10.4. The molecule has 31 heavy (non-hydrogen) atoms. The first-order valence-corrected chi connectivity index (χ1v) is 11.2. The molecule has 0 bridgehead atoms. The average Bonchev–Trinajstić information content (AvgIpc) is 3.35. The van der Waals surface area contributed by atoms with E-state index in [4.69, 9.17) is 0 Å². The molecule has 0 spiro atoms. The quantitative estimate of drug-likeness (QED) is 0.582. The summed E-state index contributed by atoms with van der Waals surface area (Å²) in [6.07, 6.45) is 2.21. The first kappa shape index (κ1) is 21.0. The van der Waals surface area contributed by atoms with Crippen molar-refractivity contribution in [1.82, 2.24) is 9.88 Å². The molecule has 0 aliphatic carbocycles. The average molecular weight is 437 g/mol. The van der Waals surface area contributed by atoms with Crippen molar-refractivity contribution in [2.24, 2.45) is 5.92 Å². The SMILES string of the molecule is CCCCN1CC(C(=O)Nc2ccc(C(=O)Nc3nc4ccccc4s3)cc2)CC1=O. The van der Waals surface area contributed by atoms with Gasteiger partial charge in [-0.1, -0.05) is 36.8 Å². The van der Waals surface area contributed by atoms with Crippen LogP contribution >= 0.6 is 11.3 Å². The molecule has 3 amide bonds. The number of benzene rings is 2. The lowest BCUT2D eigenvalue weighted by atomic mass is 10.1. The maximum atomic E-state index is 12.5. The highest BCUT2D eigenvalue weighted by Gasteiger charge is 2.33. The van der Waals surface area contributed by atoms with E-state index in [1.807, 2.05) is 24.3 Å². The van der Waals surface area contributed by atoms with E-state index in [1.165, 1.54) is 11.3 Å². The molecule has 1 fully saturated rings. The summed E-state index contributed by atoms with van der Waals surface area (Å²) in [5.74, 6) is -0.731. The Labute approximate surface area is 184 Å². The van der Waals surface area contributed by atoms with Crippen LogP contribution in [0.2, 0.25) is 0 Å². The van der Waals surface area contributed by atoms with E-state index >= 15 is 0 Å². The van der Waals surface area contributed by atoms with Crippen LogP contribution in [0.25, 0.3) is 10.2 Å². The Morgan fingerprint density at radius 2 is 1.90 bits per heavy atom. The molecule has 7 nitrogen and oxygen atoms in total. The molecule has 2 N–H and O–H groups in total. The molecule has 8 heteroatoms. The molecule has 4 rings (SSSR count). The number of carbonyl (C=O) groups excluding carboxylic acids is 3. The van der Waals surface area contributed by atoms with Crippen molar-refractivity contribution >= 4 is 50.1 Å². The van der Waals surface area contributed by atoms with E-state index in [0.717, 1.165) is 23.1 Å². The lowest BCUT2D eigenvalue weighted by molar-refractivity contribution is -0.128. The van der Waals surface area contributed by atoms with Gasteiger partial charge in [-0.2, -0.15) is 0 Å². The van der Waals surface area contributed by atoms with Crippen molar-refractivity contribution in [3.8, 4) is 0 Å². The maximum Gasteiger partial charge on any atom is 0.257 e. The molecule has 1 aliphatic rings. The summed E-state index contributed by atoms with van der Waals surface area (Å²) in [5.41, 5.74) is 1.92. The van der Waals surface area contributed by atoms with Gasteiger partial charge >= 0.3 is 0 Å². The Kier molecular flexibility index (Phi) is 6.27. The Morgan fingerprint density at radius 3 is 2.65 bits per heavy atom. The number of para-hydroxylation sites is 1. The van der Waals surface area contributed by atoms with Gasteiger partial charge in [-0.05, 0) is 42.8 Å². The molecule has 0 saturated carbocycles. The van der Waals surface area contributed by atoms with Gasteiger partial charge in [0.25, 0.3) is 5.91 Å². The summed E-state index contributed by atoms with van der Waals surface area (Å²) in [6, 6.07) is 14.4. The molecule has 160 valence electrons. The molecule has 1 aliphatic heterocycles. The van der Waals surface area contributed by atoms with E-state index in [-0.39, 0.29) is 30.1 Å². The summed E-state index contributed by atoms with van der Waals surface area (Å²) in [7, 11) is 0. The zero-order chi connectivity index (χ0) is 21.8. The number of nitrogens with one attached hydrogen (secondary N) is 2. The Bertz CT molecular complexity index is 1080. The van der Waals surface area contributed by atoms with Gasteiger partial charge in [-0.3, -0.25) is 19.7 Å². The summed E-state index contributed by atoms with van der Waals surface area (Å²) >= 11 is 1.42. The van der Waals surface area contributed by atoms with Crippen molar-refractivity contribution in [3.05, 3.63) is 54.1 Å². The van der Waals surface area contributed by atoms with Crippen LogP contribution in [0, 0.1) is 5.92 Å². The molecule has 1 aromatic heterocycles. The fourth-order valence-electron chi connectivity index (χ4n) is 3.56. The van der Waals surface area contributed by atoms with Crippen LogP contribution in [-0.4, -0.2) is 40.7 Å². The minimum atomic E-state index is -0.341. The third kappa shape index (κ3) is 4.91.